The molecule has 0 atom stereocenters. The van der Waals surface area contributed by atoms with Crippen LogP contribution in [0.25, 0.3) is 0 Å². The van der Waals surface area contributed by atoms with Gasteiger partial charge in [0, 0.05) is 0 Å². The van der Waals surface area contributed by atoms with Crippen molar-refractivity contribution in [3.63, 3.8) is 0 Å². The number of benzene rings is 1. The van der Waals surface area contributed by atoms with Crippen LogP contribution >= 0.6 is 19.8 Å². The van der Waals surface area contributed by atoms with Gasteiger partial charge in [0.1, 0.15) is 0 Å². The van der Waals surface area contributed by atoms with Gasteiger partial charge in [-0.2, -0.15) is 0 Å². The second kappa shape index (κ2) is 7.14. The molecule has 0 radical (unpaired) electrons. The zero-order valence-corrected chi connectivity index (χ0v) is 15.0. The topological polar surface area (TPSA) is 0 Å². The minimum atomic E-state index is -6.00. The third kappa shape index (κ3) is 8.82. The molecule has 0 aliphatic heterocycles. The van der Waals surface area contributed by atoms with E-state index < -0.39 is 27.1 Å². The zero-order valence-electron chi connectivity index (χ0n) is 12.9. The molecule has 0 unspecified atom stereocenters. The molecule has 1 rings (SSSR count). The number of alkyl halides is 2. The molecule has 0 N–H and O–H groups in total. The first kappa shape index (κ1) is 19.7. The van der Waals surface area contributed by atoms with Crippen LogP contribution in [0.15, 0.2) is 30.3 Å². The van der Waals surface area contributed by atoms with Crippen LogP contribution in [-0.2, 0) is 0 Å². The average Bonchev–Trinajstić information content (AvgIpc) is 2.11. The van der Waals surface area contributed by atoms with Gasteiger partial charge in [0.05, 0.1) is 0 Å². The Balaban J connectivity index is 0.000000621. The molecular formula is C14H23BF4I-. The van der Waals surface area contributed by atoms with Crippen molar-refractivity contribution < 1.29 is 17.3 Å². The predicted octanol–water partition coefficient (Wildman–Crippen LogP) is 6.26. The van der Waals surface area contributed by atoms with Gasteiger partial charge >= 0.3 is 109 Å². The first-order valence-corrected chi connectivity index (χ1v) is 9.59. The molecule has 6 heteroatoms. The maximum Gasteiger partial charge on any atom is 0.673 e. The first-order valence-electron chi connectivity index (χ1n) is 6.35. The van der Waals surface area contributed by atoms with Crippen molar-refractivity contribution in [3.8, 4) is 0 Å². The van der Waals surface area contributed by atoms with Gasteiger partial charge in [-0.15, -0.1) is 0 Å². The van der Waals surface area contributed by atoms with Gasteiger partial charge in [-0.25, -0.2) is 0 Å². The molecule has 0 bridgehead atoms. The molecule has 0 heterocycles. The summed E-state index contributed by atoms with van der Waals surface area (Å²) < 4.78 is 41.5. The number of rotatable bonds is 1. The quantitative estimate of drug-likeness (QED) is 0.224. The summed E-state index contributed by atoms with van der Waals surface area (Å²) in [6.07, 6.45) is 0. The van der Waals surface area contributed by atoms with Crippen LogP contribution < -0.4 is 0 Å². The molecule has 0 saturated carbocycles. The fraction of sp³-hybridized carbons (Fsp3) is 0.571. The molecule has 0 fully saturated rings. The predicted molar refractivity (Wildman–Crippen MR) is 88.9 cm³/mol. The van der Waals surface area contributed by atoms with Crippen molar-refractivity contribution in [1.29, 1.82) is 0 Å². The Bertz CT molecular complexity index is 370. The Kier molecular flexibility index (Phi) is 7.04. The van der Waals surface area contributed by atoms with Crippen LogP contribution in [0, 0.1) is 3.57 Å². The van der Waals surface area contributed by atoms with Crippen molar-refractivity contribution in [2.45, 2.75) is 48.4 Å². The molecule has 1 aromatic rings. The van der Waals surface area contributed by atoms with E-state index in [1.165, 1.54) is 0 Å². The summed E-state index contributed by atoms with van der Waals surface area (Å²) in [6, 6.07) is 11.1. The molecule has 0 nitrogen and oxygen atoms in total. The maximum absolute atomic E-state index is 9.75. The fourth-order valence-electron chi connectivity index (χ4n) is 2.05. The van der Waals surface area contributed by atoms with Crippen LogP contribution in [0.5, 0.6) is 0 Å². The number of halogens is 5. The summed E-state index contributed by atoms with van der Waals surface area (Å²) in [5, 5.41) is 0. The van der Waals surface area contributed by atoms with E-state index >= 15 is 0 Å². The molecule has 1 aromatic carbocycles. The van der Waals surface area contributed by atoms with Gasteiger partial charge in [-0.1, -0.05) is 0 Å². The fourth-order valence-corrected chi connectivity index (χ4v) is 11.8. The summed E-state index contributed by atoms with van der Waals surface area (Å²) in [6.45, 7) is 14.4. The standard InChI is InChI=1S/C14H23I.BF4/c1-13(2,3)15(14(4,5)6)12-10-8-7-9-11-12;2-1(3,4)5/h7-11H,1-6H3;/q;-1. The monoisotopic (exact) mass is 405 g/mol. The van der Waals surface area contributed by atoms with Gasteiger partial charge in [0.15, 0.2) is 0 Å². The van der Waals surface area contributed by atoms with Crippen molar-refractivity contribution in [3.05, 3.63) is 33.9 Å². The molecule has 0 aromatic heterocycles. The minimum absolute atomic E-state index is 0.462. The molecule has 0 aliphatic rings. The van der Waals surface area contributed by atoms with E-state index in [-0.39, 0.29) is 0 Å². The van der Waals surface area contributed by atoms with Crippen LogP contribution in [0.1, 0.15) is 41.5 Å². The second-order valence-corrected chi connectivity index (χ2v) is 15.5. The molecule has 0 spiro atoms. The summed E-state index contributed by atoms with van der Waals surface area (Å²) in [5.41, 5.74) is 0. The van der Waals surface area contributed by atoms with Gasteiger partial charge in [-0.05, 0) is 0 Å². The largest absolute Gasteiger partial charge is 0.673 e. The normalized spacial score (nSPS) is 13.4. The van der Waals surface area contributed by atoms with E-state index in [1.807, 2.05) is 0 Å². The van der Waals surface area contributed by atoms with Crippen LogP contribution in [-0.4, -0.2) is 14.1 Å². The molecule has 0 aliphatic carbocycles. The minimum Gasteiger partial charge on any atom is -0.418 e. The van der Waals surface area contributed by atoms with Crippen molar-refractivity contribution in [2.24, 2.45) is 0 Å². The molecule has 0 saturated heterocycles. The second-order valence-electron chi connectivity index (χ2n) is 6.21. The molecular weight excluding hydrogens is 382 g/mol. The van der Waals surface area contributed by atoms with Gasteiger partial charge in [-0.3, -0.25) is 0 Å². The average molecular weight is 405 g/mol. The Labute approximate surface area is 126 Å². The van der Waals surface area contributed by atoms with E-state index in [0.717, 1.165) is 0 Å². The Morgan fingerprint density at radius 2 is 1.05 bits per heavy atom. The van der Waals surface area contributed by atoms with E-state index in [2.05, 4.69) is 71.9 Å². The smallest absolute Gasteiger partial charge is 0.418 e. The van der Waals surface area contributed by atoms with Crippen LogP contribution in [0.4, 0.5) is 17.3 Å². The van der Waals surface area contributed by atoms with E-state index in [9.17, 15) is 17.3 Å². The Hall–Kier alpha value is -0.265. The zero-order chi connectivity index (χ0) is 16.2. The van der Waals surface area contributed by atoms with E-state index in [1.54, 1.807) is 3.57 Å². The van der Waals surface area contributed by atoms with E-state index in [4.69, 9.17) is 0 Å². The molecule has 118 valence electrons. The molecule has 0 amide bonds. The SMILES string of the molecule is CC(C)(C)I(c1ccccc1)C(C)(C)C.F[B-](F)(F)F. The summed E-state index contributed by atoms with van der Waals surface area (Å²) in [4.78, 5) is 0. The summed E-state index contributed by atoms with van der Waals surface area (Å²) >= 11 is -1.17. The third-order valence-corrected chi connectivity index (χ3v) is 10.5. The maximum atomic E-state index is 9.75. The summed E-state index contributed by atoms with van der Waals surface area (Å²) in [7, 11) is -6.00. The Morgan fingerprint density at radius 3 is 1.30 bits per heavy atom. The third-order valence-electron chi connectivity index (χ3n) is 2.09. The Morgan fingerprint density at radius 1 is 0.750 bits per heavy atom. The van der Waals surface area contributed by atoms with Crippen LogP contribution in [0.2, 0.25) is 0 Å². The van der Waals surface area contributed by atoms with Crippen molar-refractivity contribution >= 4 is 27.1 Å². The first-order chi connectivity index (χ1) is 8.73. The summed E-state index contributed by atoms with van der Waals surface area (Å²) in [5.74, 6) is 0. The van der Waals surface area contributed by atoms with Gasteiger partial charge < -0.3 is 17.3 Å². The van der Waals surface area contributed by atoms with E-state index in [0.29, 0.717) is 6.84 Å². The number of hydrogen-bond donors (Lipinski definition) is 0. The van der Waals surface area contributed by atoms with Crippen molar-refractivity contribution in [1.82, 2.24) is 0 Å². The van der Waals surface area contributed by atoms with Crippen molar-refractivity contribution in [2.75, 3.05) is 0 Å². The van der Waals surface area contributed by atoms with Gasteiger partial charge in [0.25, 0.3) is 0 Å². The molecule has 20 heavy (non-hydrogen) atoms. The van der Waals surface area contributed by atoms with Crippen LogP contribution in [0.3, 0.4) is 0 Å². The number of hydrogen-bond acceptors (Lipinski definition) is 0. The van der Waals surface area contributed by atoms with Gasteiger partial charge in [0.2, 0.25) is 0 Å².